The first kappa shape index (κ1) is 58.4. The van der Waals surface area contributed by atoms with Crippen LogP contribution in [-0.2, 0) is 55.7 Å². The lowest BCUT2D eigenvalue weighted by molar-refractivity contribution is 0.115. The summed E-state index contributed by atoms with van der Waals surface area (Å²) in [5.41, 5.74) is 4.32. The smallest absolute Gasteiger partial charge is 0.407 e. The van der Waals surface area contributed by atoms with Crippen LogP contribution >= 0.6 is 0 Å². The molecule has 0 aliphatic heterocycles. The number of nitrogens with one attached hydrogen (secondary N) is 1. The lowest BCUT2D eigenvalue weighted by atomic mass is 9.97. The zero-order valence-electron chi connectivity index (χ0n) is 46.4. The van der Waals surface area contributed by atoms with Crippen molar-refractivity contribution >= 4 is 27.6 Å². The van der Waals surface area contributed by atoms with Gasteiger partial charge in [-0.3, -0.25) is 0 Å². The van der Waals surface area contributed by atoms with Crippen molar-refractivity contribution < 1.29 is 83.5 Å². The number of aromatic hydroxyl groups is 8. The fourth-order valence-corrected chi connectivity index (χ4v) is 9.60. The van der Waals surface area contributed by atoms with Crippen LogP contribution in [-0.4, -0.2) is 60.1 Å². The molecule has 0 saturated heterocycles. The van der Waals surface area contributed by atoms with E-state index in [0.29, 0.717) is 88.1 Å². The highest BCUT2D eigenvalue weighted by molar-refractivity contribution is 6.02. The molecule has 0 heterocycles. The van der Waals surface area contributed by atoms with E-state index in [1.807, 2.05) is 60.7 Å². The molecule has 0 bridgehead atoms. The Morgan fingerprint density at radius 3 is 1.09 bits per heavy atom. The van der Waals surface area contributed by atoms with Gasteiger partial charge in [-0.2, -0.15) is 0 Å². The second-order valence-corrected chi connectivity index (χ2v) is 20.3. The maximum absolute atomic E-state index is 12.9. The van der Waals surface area contributed by atoms with E-state index < -0.39 is 6.09 Å². The van der Waals surface area contributed by atoms with Gasteiger partial charge < -0.3 is 84.1 Å². The van der Waals surface area contributed by atoms with E-state index in [4.69, 9.17) is 37.9 Å². The SMILES string of the molecule is O=C(NCCCCOCc1cc(OCc2cc(OCc3cc(O)cc(O)c3)cc(OCc3cc(O)cc(O)c3)c2)cc(OCc2cc(OCc3cc(O)cc(O)c3)cc(Oc3cc(O)cc(O)c3)c2)c1)OCc1c2ccccc2cc2ccccc12. The summed E-state index contributed by atoms with van der Waals surface area (Å²) in [6, 6.07) is 49.9. The predicted molar refractivity (Wildman–Crippen MR) is 319 cm³/mol. The number of ether oxygens (including phenoxy) is 8. The van der Waals surface area contributed by atoms with Crippen molar-refractivity contribution in [2.75, 3.05) is 13.2 Å². The molecule has 9 N–H and O–H groups in total. The van der Waals surface area contributed by atoms with Crippen LogP contribution in [0.3, 0.4) is 0 Å². The number of carbonyl (C=O) groups excluding carboxylic acids is 1. The molecule has 10 aromatic rings. The molecule has 10 aromatic carbocycles. The minimum atomic E-state index is -0.520. The highest BCUT2D eigenvalue weighted by Crippen LogP contribution is 2.36. The van der Waals surface area contributed by atoms with E-state index in [1.54, 1.807) is 42.5 Å². The van der Waals surface area contributed by atoms with Crippen molar-refractivity contribution in [1.82, 2.24) is 5.32 Å². The van der Waals surface area contributed by atoms with Crippen LogP contribution < -0.4 is 33.7 Å². The van der Waals surface area contributed by atoms with Crippen LogP contribution in [0.2, 0.25) is 0 Å². The maximum atomic E-state index is 12.9. The number of alkyl carbamates (subject to hydrolysis) is 1. The second kappa shape index (κ2) is 27.5. The van der Waals surface area contributed by atoms with Gasteiger partial charge in [0.05, 0.1) is 6.61 Å². The summed E-state index contributed by atoms with van der Waals surface area (Å²) in [6.07, 6.45) is 0.712. The Balaban J connectivity index is 0.839. The predicted octanol–water partition coefficient (Wildman–Crippen LogP) is 13.5. The number of phenols is 8. The van der Waals surface area contributed by atoms with Crippen molar-refractivity contribution in [3.8, 4) is 86.2 Å². The van der Waals surface area contributed by atoms with E-state index >= 15 is 0 Å². The lowest BCUT2D eigenvalue weighted by Gasteiger charge is -2.16. The molecule has 86 heavy (non-hydrogen) atoms. The average Bonchev–Trinajstić information content (AvgIpc) is 3.19. The molecule has 440 valence electrons. The summed E-state index contributed by atoms with van der Waals surface area (Å²) in [4.78, 5) is 12.9. The third-order valence-corrected chi connectivity index (χ3v) is 13.3. The van der Waals surface area contributed by atoms with Crippen LogP contribution in [0.1, 0.15) is 51.8 Å². The van der Waals surface area contributed by atoms with Gasteiger partial charge in [-0.25, -0.2) is 4.79 Å². The van der Waals surface area contributed by atoms with Gasteiger partial charge in [0.25, 0.3) is 0 Å². The van der Waals surface area contributed by atoms with Crippen molar-refractivity contribution in [3.63, 3.8) is 0 Å². The van der Waals surface area contributed by atoms with Gasteiger partial charge in [0.1, 0.15) is 126 Å². The topological polar surface area (TPSA) is 265 Å². The molecular weight excluding hydrogens is 1100 g/mol. The number of amides is 1. The first-order valence-electron chi connectivity index (χ1n) is 27.4. The lowest BCUT2D eigenvalue weighted by Crippen LogP contribution is -2.25. The van der Waals surface area contributed by atoms with E-state index in [0.717, 1.165) is 27.1 Å². The Bertz CT molecular complexity index is 3810. The molecule has 0 fully saturated rings. The van der Waals surface area contributed by atoms with E-state index in [2.05, 4.69) is 11.4 Å². The van der Waals surface area contributed by atoms with Crippen LogP contribution in [0, 0.1) is 0 Å². The Morgan fingerprint density at radius 1 is 0.337 bits per heavy atom. The van der Waals surface area contributed by atoms with Gasteiger partial charge in [0.2, 0.25) is 0 Å². The Hall–Kier alpha value is -10.9. The third kappa shape index (κ3) is 16.7. The maximum Gasteiger partial charge on any atom is 0.407 e. The van der Waals surface area contributed by atoms with E-state index in [1.165, 1.54) is 72.8 Å². The molecule has 0 atom stereocenters. The van der Waals surface area contributed by atoms with E-state index in [9.17, 15) is 45.6 Å². The van der Waals surface area contributed by atoms with Crippen molar-refractivity contribution in [2.45, 2.75) is 59.1 Å². The summed E-state index contributed by atoms with van der Waals surface area (Å²) in [5, 5.41) is 88.0. The first-order valence-corrected chi connectivity index (χ1v) is 27.4. The molecule has 0 aliphatic rings. The van der Waals surface area contributed by atoms with Crippen molar-refractivity contribution in [2.24, 2.45) is 0 Å². The number of benzene rings is 10. The molecule has 0 aromatic heterocycles. The van der Waals surface area contributed by atoms with Crippen molar-refractivity contribution in [3.05, 3.63) is 221 Å². The normalized spacial score (nSPS) is 11.1. The zero-order valence-corrected chi connectivity index (χ0v) is 46.4. The summed E-state index contributed by atoms with van der Waals surface area (Å²) < 4.78 is 49.2. The molecule has 18 nitrogen and oxygen atoms in total. The quantitative estimate of drug-likeness (QED) is 0.0180. The Labute approximate surface area is 494 Å². The molecule has 18 heteroatoms. The summed E-state index contributed by atoms with van der Waals surface area (Å²) in [7, 11) is 0. The summed E-state index contributed by atoms with van der Waals surface area (Å²) in [5.74, 6) is 1.03. The summed E-state index contributed by atoms with van der Waals surface area (Å²) >= 11 is 0. The Morgan fingerprint density at radius 2 is 0.674 bits per heavy atom. The number of hydrogen-bond acceptors (Lipinski definition) is 17. The molecule has 0 spiro atoms. The molecule has 1 amide bonds. The van der Waals surface area contributed by atoms with Gasteiger partial charge in [-0.15, -0.1) is 0 Å². The third-order valence-electron chi connectivity index (χ3n) is 13.3. The monoisotopic (exact) mass is 1160 g/mol. The minimum absolute atomic E-state index is 0.00720. The van der Waals surface area contributed by atoms with Crippen LogP contribution in [0.4, 0.5) is 4.79 Å². The largest absolute Gasteiger partial charge is 0.508 e. The van der Waals surface area contributed by atoms with Crippen LogP contribution in [0.5, 0.6) is 86.2 Å². The fraction of sp³-hybridized carbons (Fsp3) is 0.162. The molecule has 0 aliphatic carbocycles. The summed E-state index contributed by atoms with van der Waals surface area (Å²) in [6.45, 7) is 0.870. The number of carbonyl (C=O) groups is 1. The minimum Gasteiger partial charge on any atom is -0.508 e. The van der Waals surface area contributed by atoms with Crippen LogP contribution in [0.25, 0.3) is 21.5 Å². The molecular formula is C68H61NO17. The van der Waals surface area contributed by atoms with Gasteiger partial charge in [0, 0.05) is 73.3 Å². The van der Waals surface area contributed by atoms with Gasteiger partial charge >= 0.3 is 6.09 Å². The first-order chi connectivity index (χ1) is 41.7. The molecule has 10 rings (SSSR count). The van der Waals surface area contributed by atoms with Crippen molar-refractivity contribution in [1.29, 1.82) is 0 Å². The number of hydrogen-bond donors (Lipinski definition) is 9. The van der Waals surface area contributed by atoms with Gasteiger partial charge in [-0.05, 0) is 147 Å². The van der Waals surface area contributed by atoms with Crippen LogP contribution in [0.15, 0.2) is 182 Å². The molecule has 0 saturated carbocycles. The van der Waals surface area contributed by atoms with Gasteiger partial charge in [0.15, 0.2) is 0 Å². The zero-order chi connectivity index (χ0) is 59.9. The number of phenolic OH excluding ortho intramolecular Hbond substituents is 8. The highest BCUT2D eigenvalue weighted by atomic mass is 16.5. The molecule has 0 radical (unpaired) electrons. The van der Waals surface area contributed by atoms with E-state index in [-0.39, 0.29) is 104 Å². The second-order valence-electron chi connectivity index (χ2n) is 20.3. The highest BCUT2D eigenvalue weighted by Gasteiger charge is 2.15. The number of unbranched alkanes of at least 4 members (excludes halogenated alkanes) is 1. The standard InChI is InChI=1S/C68H61NO17/c70-50-13-42(14-51(71)26-50)36-80-60-21-46(22-61(33-60)81-37-43-15-52(72)27-53(73)16-43)39-83-58-19-45(35-79-12-6-5-11-69-68(78)85-41-67-65-9-3-1-7-48(65)25-49-8-2-4-10-66(49)67)20-59(32-58)84-40-47-23-62(82-38-44-17-54(74)28-55(75)18-44)34-63(24-47)86-64-30-56(76)29-57(77)31-64/h1-4,7-10,13-34,70-77H,5-6,11-12,35-41H2,(H,69,78). The Kier molecular flexibility index (Phi) is 18.6. The number of fused-ring (bicyclic) bond motifs is 2. The molecule has 0 unspecified atom stereocenters. The average molecular weight is 1160 g/mol. The van der Waals surface area contributed by atoms with Gasteiger partial charge in [-0.1, -0.05) is 48.5 Å². The number of rotatable bonds is 26. The fourth-order valence-electron chi connectivity index (χ4n) is 9.60.